The fourth-order valence-corrected chi connectivity index (χ4v) is 3.40. The molecule has 0 aliphatic carbocycles. The number of ether oxygens (including phenoxy) is 1. The number of piperidine rings is 1. The molecule has 0 bridgehead atoms. The predicted molar refractivity (Wildman–Crippen MR) is 102 cm³/mol. The predicted octanol–water partition coefficient (Wildman–Crippen LogP) is 4.80. The van der Waals surface area contributed by atoms with Gasteiger partial charge in [0.2, 0.25) is 5.91 Å². The van der Waals surface area contributed by atoms with Crippen LogP contribution in [0.5, 0.6) is 5.75 Å². The van der Waals surface area contributed by atoms with Crippen LogP contribution in [0.1, 0.15) is 28.8 Å². The zero-order valence-corrected chi connectivity index (χ0v) is 16.2. The number of anilines is 1. The Bertz CT molecular complexity index is 923. The summed E-state index contributed by atoms with van der Waals surface area (Å²) in [6.07, 6.45) is -4.06. The fourth-order valence-electron chi connectivity index (χ4n) is 3.40. The van der Waals surface area contributed by atoms with Gasteiger partial charge in [-0.3, -0.25) is 9.59 Å². The Hall–Kier alpha value is -3.17. The van der Waals surface area contributed by atoms with Gasteiger partial charge in [0.1, 0.15) is 5.75 Å². The lowest BCUT2D eigenvalue weighted by Crippen LogP contribution is -2.42. The number of carbonyl (C=O) groups excluding carboxylic acids is 2. The highest BCUT2D eigenvalue weighted by atomic mass is 19.4. The number of alkyl halides is 5. The van der Waals surface area contributed by atoms with Crippen LogP contribution in [0.25, 0.3) is 0 Å². The molecule has 0 spiro atoms. The van der Waals surface area contributed by atoms with Gasteiger partial charge in [-0.15, -0.1) is 0 Å². The number of halogens is 5. The molecule has 2 aromatic rings. The summed E-state index contributed by atoms with van der Waals surface area (Å²) in [5, 5.41) is 2.66. The van der Waals surface area contributed by atoms with E-state index < -0.39 is 35.7 Å². The van der Waals surface area contributed by atoms with Crippen LogP contribution in [-0.2, 0) is 11.0 Å². The summed E-state index contributed by atoms with van der Waals surface area (Å²) in [6, 6.07) is 10.0. The number of carbonyl (C=O) groups is 2. The van der Waals surface area contributed by atoms with Gasteiger partial charge in [0.15, 0.2) is 0 Å². The zero-order valence-electron chi connectivity index (χ0n) is 16.2. The van der Waals surface area contributed by atoms with E-state index in [4.69, 9.17) is 0 Å². The standard InChI is InChI=1S/C21H19F5N2O3/c22-20(23)31-15-7-5-14(6-8-15)27-18(29)13-9-11-28(12-10-13)19(30)16-3-1-2-4-17(16)21(24,25)26/h1-8,13,20H,9-12H2,(H,27,29). The van der Waals surface area contributed by atoms with Crippen molar-refractivity contribution in [3.63, 3.8) is 0 Å². The summed E-state index contributed by atoms with van der Waals surface area (Å²) in [5.41, 5.74) is -1.01. The van der Waals surface area contributed by atoms with Gasteiger partial charge in [-0.1, -0.05) is 12.1 Å². The molecule has 1 aliphatic rings. The van der Waals surface area contributed by atoms with Gasteiger partial charge in [0, 0.05) is 24.7 Å². The second-order valence-corrected chi connectivity index (χ2v) is 7.00. The van der Waals surface area contributed by atoms with E-state index in [-0.39, 0.29) is 24.7 Å². The molecule has 1 N–H and O–H groups in total. The maximum atomic E-state index is 13.2. The van der Waals surface area contributed by atoms with E-state index in [9.17, 15) is 31.5 Å². The largest absolute Gasteiger partial charge is 0.435 e. The van der Waals surface area contributed by atoms with Crippen molar-refractivity contribution in [1.29, 1.82) is 0 Å². The van der Waals surface area contributed by atoms with Crippen LogP contribution in [0.3, 0.4) is 0 Å². The van der Waals surface area contributed by atoms with Gasteiger partial charge in [-0.25, -0.2) is 0 Å². The molecule has 3 rings (SSSR count). The van der Waals surface area contributed by atoms with Crippen LogP contribution < -0.4 is 10.1 Å². The summed E-state index contributed by atoms with van der Waals surface area (Å²) < 4.78 is 68.1. The van der Waals surface area contributed by atoms with Crippen molar-refractivity contribution in [2.45, 2.75) is 25.6 Å². The smallest absolute Gasteiger partial charge is 0.417 e. The highest BCUT2D eigenvalue weighted by molar-refractivity contribution is 5.96. The number of rotatable bonds is 5. The molecule has 10 heteroatoms. The topological polar surface area (TPSA) is 58.6 Å². The molecular formula is C21H19F5N2O3. The van der Waals surface area contributed by atoms with Crippen molar-refractivity contribution in [2.24, 2.45) is 5.92 Å². The Morgan fingerprint density at radius 3 is 2.19 bits per heavy atom. The first-order valence-corrected chi connectivity index (χ1v) is 9.46. The number of benzene rings is 2. The van der Waals surface area contributed by atoms with Crippen molar-refractivity contribution >= 4 is 17.5 Å². The molecule has 31 heavy (non-hydrogen) atoms. The molecule has 0 saturated carbocycles. The molecule has 2 aromatic carbocycles. The van der Waals surface area contributed by atoms with Crippen molar-refractivity contribution in [2.75, 3.05) is 18.4 Å². The van der Waals surface area contributed by atoms with Crippen LogP contribution in [0.4, 0.5) is 27.6 Å². The Kier molecular flexibility index (Phi) is 6.77. The second kappa shape index (κ2) is 9.32. The summed E-state index contributed by atoms with van der Waals surface area (Å²) in [5.74, 6) is -1.51. The molecule has 0 aromatic heterocycles. The first kappa shape index (κ1) is 22.5. The van der Waals surface area contributed by atoms with E-state index in [0.29, 0.717) is 18.5 Å². The fraction of sp³-hybridized carbons (Fsp3) is 0.333. The van der Waals surface area contributed by atoms with Crippen LogP contribution in [0.15, 0.2) is 48.5 Å². The summed E-state index contributed by atoms with van der Waals surface area (Å²) in [6.45, 7) is -2.66. The lowest BCUT2D eigenvalue weighted by molar-refractivity contribution is -0.138. The third-order valence-corrected chi connectivity index (χ3v) is 4.96. The van der Waals surface area contributed by atoms with E-state index in [2.05, 4.69) is 10.1 Å². The molecule has 0 unspecified atom stereocenters. The van der Waals surface area contributed by atoms with Crippen molar-refractivity contribution in [3.8, 4) is 5.75 Å². The average molecular weight is 442 g/mol. The summed E-state index contributed by atoms with van der Waals surface area (Å²) >= 11 is 0. The van der Waals surface area contributed by atoms with Crippen LogP contribution >= 0.6 is 0 Å². The maximum Gasteiger partial charge on any atom is 0.417 e. The lowest BCUT2D eigenvalue weighted by atomic mass is 9.94. The van der Waals surface area contributed by atoms with Crippen LogP contribution in [0.2, 0.25) is 0 Å². The number of nitrogens with one attached hydrogen (secondary N) is 1. The molecule has 1 fully saturated rings. The third-order valence-electron chi connectivity index (χ3n) is 4.96. The molecule has 0 atom stereocenters. The molecule has 5 nitrogen and oxygen atoms in total. The van der Waals surface area contributed by atoms with Gasteiger partial charge in [0.05, 0.1) is 11.1 Å². The first-order valence-electron chi connectivity index (χ1n) is 9.46. The van der Waals surface area contributed by atoms with Gasteiger partial charge in [-0.05, 0) is 49.2 Å². The van der Waals surface area contributed by atoms with Crippen molar-refractivity contribution < 1.29 is 36.3 Å². The number of hydrogen-bond acceptors (Lipinski definition) is 3. The quantitative estimate of drug-likeness (QED) is 0.677. The van der Waals surface area contributed by atoms with Gasteiger partial charge in [0.25, 0.3) is 5.91 Å². The minimum atomic E-state index is -4.64. The Labute approximate surface area is 174 Å². The number of nitrogens with zero attached hydrogens (tertiary/aromatic N) is 1. The summed E-state index contributed by atoms with van der Waals surface area (Å²) in [7, 11) is 0. The van der Waals surface area contributed by atoms with Crippen molar-refractivity contribution in [1.82, 2.24) is 4.90 Å². The Balaban J connectivity index is 1.57. The molecule has 2 amide bonds. The van der Waals surface area contributed by atoms with Gasteiger partial charge in [-0.2, -0.15) is 22.0 Å². The van der Waals surface area contributed by atoms with E-state index in [1.165, 1.54) is 41.3 Å². The Morgan fingerprint density at radius 2 is 1.61 bits per heavy atom. The van der Waals surface area contributed by atoms with E-state index >= 15 is 0 Å². The highest BCUT2D eigenvalue weighted by Crippen LogP contribution is 2.33. The SMILES string of the molecule is O=C(Nc1ccc(OC(F)F)cc1)C1CCN(C(=O)c2ccccc2C(F)(F)F)CC1. The van der Waals surface area contributed by atoms with Crippen molar-refractivity contribution in [3.05, 3.63) is 59.7 Å². The number of amides is 2. The normalized spacial score (nSPS) is 15.1. The second-order valence-electron chi connectivity index (χ2n) is 7.00. The lowest BCUT2D eigenvalue weighted by Gasteiger charge is -2.32. The molecule has 1 heterocycles. The summed E-state index contributed by atoms with van der Waals surface area (Å²) in [4.78, 5) is 26.4. The van der Waals surface area contributed by atoms with Crippen LogP contribution in [-0.4, -0.2) is 36.4 Å². The molecule has 1 aliphatic heterocycles. The number of hydrogen-bond donors (Lipinski definition) is 1. The average Bonchev–Trinajstić information content (AvgIpc) is 2.74. The maximum absolute atomic E-state index is 13.2. The minimum Gasteiger partial charge on any atom is -0.435 e. The van der Waals surface area contributed by atoms with E-state index in [1.54, 1.807) is 0 Å². The zero-order chi connectivity index (χ0) is 22.6. The molecule has 1 saturated heterocycles. The van der Waals surface area contributed by atoms with Gasteiger partial charge >= 0.3 is 12.8 Å². The highest BCUT2D eigenvalue weighted by Gasteiger charge is 2.37. The molecule has 166 valence electrons. The van der Waals surface area contributed by atoms with Crippen LogP contribution in [0, 0.1) is 5.92 Å². The van der Waals surface area contributed by atoms with E-state index in [1.807, 2.05) is 0 Å². The number of likely N-dealkylation sites (tertiary alicyclic amines) is 1. The molecular weight excluding hydrogens is 423 g/mol. The minimum absolute atomic E-state index is 0.0426. The van der Waals surface area contributed by atoms with Gasteiger partial charge < -0.3 is 15.0 Å². The Morgan fingerprint density at radius 1 is 1.00 bits per heavy atom. The first-order chi connectivity index (χ1) is 14.6. The monoisotopic (exact) mass is 442 g/mol. The van der Waals surface area contributed by atoms with E-state index in [0.717, 1.165) is 12.1 Å². The third kappa shape index (κ3) is 5.71. The molecule has 0 radical (unpaired) electrons.